The lowest BCUT2D eigenvalue weighted by atomic mass is 9.75. The third kappa shape index (κ3) is 3.06. The van der Waals surface area contributed by atoms with Crippen LogP contribution in [-0.4, -0.2) is 12.9 Å². The molecule has 0 saturated heterocycles. The first-order valence-electron chi connectivity index (χ1n) is 9.42. The fraction of sp³-hybridized carbons (Fsp3) is 0.217. The van der Waals surface area contributed by atoms with Crippen molar-refractivity contribution in [1.29, 1.82) is 5.26 Å². The molecule has 0 aromatic heterocycles. The van der Waals surface area contributed by atoms with E-state index in [0.717, 1.165) is 17.7 Å². The number of Topliss-reactive ketones (excluding diaryl/α,β-unsaturated/α-hetero) is 1. The van der Waals surface area contributed by atoms with Crippen LogP contribution in [0.25, 0.3) is 0 Å². The lowest BCUT2D eigenvalue weighted by molar-refractivity contribution is -0.116. The van der Waals surface area contributed by atoms with Crippen molar-refractivity contribution in [2.24, 2.45) is 5.73 Å². The molecule has 2 aliphatic rings. The van der Waals surface area contributed by atoms with Crippen molar-refractivity contribution < 1.29 is 9.53 Å². The summed E-state index contributed by atoms with van der Waals surface area (Å²) >= 11 is 6.45. The maximum Gasteiger partial charge on any atom is 0.161 e. The normalized spacial score (nSPS) is 19.1. The van der Waals surface area contributed by atoms with Gasteiger partial charge in [-0.15, -0.1) is 0 Å². The lowest BCUT2D eigenvalue weighted by Gasteiger charge is -2.40. The number of methoxy groups -OCH3 is 1. The molecule has 0 spiro atoms. The first-order valence-corrected chi connectivity index (χ1v) is 9.79. The molecule has 0 amide bonds. The van der Waals surface area contributed by atoms with Gasteiger partial charge >= 0.3 is 0 Å². The molecule has 2 N–H and O–H groups in total. The molecule has 1 aliphatic carbocycles. The molecule has 0 radical (unpaired) electrons. The number of anilines is 1. The molecule has 2 aromatic rings. The minimum Gasteiger partial charge on any atom is -0.496 e. The van der Waals surface area contributed by atoms with Crippen molar-refractivity contribution in [2.45, 2.75) is 25.2 Å². The maximum absolute atomic E-state index is 13.1. The van der Waals surface area contributed by atoms with Gasteiger partial charge in [0.15, 0.2) is 5.78 Å². The van der Waals surface area contributed by atoms with E-state index in [9.17, 15) is 10.1 Å². The number of halogens is 1. The highest BCUT2D eigenvalue weighted by atomic mass is 35.5. The number of rotatable bonds is 3. The molecule has 4 rings (SSSR count). The Kier molecular flexibility index (Phi) is 5.04. The molecule has 0 saturated carbocycles. The Morgan fingerprint density at radius 3 is 2.62 bits per heavy atom. The van der Waals surface area contributed by atoms with Crippen molar-refractivity contribution in [3.05, 3.63) is 81.8 Å². The van der Waals surface area contributed by atoms with E-state index >= 15 is 0 Å². The van der Waals surface area contributed by atoms with Crippen LogP contribution in [0.15, 0.2) is 71.2 Å². The van der Waals surface area contributed by atoms with Crippen molar-refractivity contribution >= 4 is 23.1 Å². The molecular weight excluding hydrogens is 386 g/mol. The second-order valence-electron chi connectivity index (χ2n) is 7.01. The van der Waals surface area contributed by atoms with Gasteiger partial charge in [-0.1, -0.05) is 41.9 Å². The van der Waals surface area contributed by atoms with E-state index < -0.39 is 5.92 Å². The van der Waals surface area contributed by atoms with Gasteiger partial charge in [-0.2, -0.15) is 5.26 Å². The number of hydrogen-bond acceptors (Lipinski definition) is 5. The summed E-state index contributed by atoms with van der Waals surface area (Å²) in [5.41, 5.74) is 9.70. The summed E-state index contributed by atoms with van der Waals surface area (Å²) in [7, 11) is 1.58. The zero-order valence-corrected chi connectivity index (χ0v) is 16.7. The van der Waals surface area contributed by atoms with E-state index in [2.05, 4.69) is 6.07 Å². The Balaban J connectivity index is 2.02. The molecule has 5 nitrogen and oxygen atoms in total. The molecule has 0 bridgehead atoms. The average Bonchev–Trinajstić information content (AvgIpc) is 2.74. The van der Waals surface area contributed by atoms with Crippen molar-refractivity contribution in [1.82, 2.24) is 0 Å². The van der Waals surface area contributed by atoms with Crippen molar-refractivity contribution in [2.75, 3.05) is 12.0 Å². The fourth-order valence-corrected chi connectivity index (χ4v) is 4.43. The van der Waals surface area contributed by atoms with Gasteiger partial charge in [0.2, 0.25) is 0 Å². The highest BCUT2D eigenvalue weighted by Gasteiger charge is 2.41. The van der Waals surface area contributed by atoms with Crippen LogP contribution in [0.5, 0.6) is 5.75 Å². The first kappa shape index (κ1) is 19.1. The van der Waals surface area contributed by atoms with E-state index in [4.69, 9.17) is 22.1 Å². The third-order valence-electron chi connectivity index (χ3n) is 5.46. The number of nitrogens with two attached hydrogens (primary N) is 1. The highest BCUT2D eigenvalue weighted by molar-refractivity contribution is 6.33. The van der Waals surface area contributed by atoms with Gasteiger partial charge in [-0.05, 0) is 31.0 Å². The number of nitrogens with zero attached hydrogens (tertiary/aromatic N) is 2. The molecule has 1 heterocycles. The smallest absolute Gasteiger partial charge is 0.161 e. The standard InChI is InChI=1S/C23H20ClN3O2/c1-29-20-12-5-2-7-14(20)21-15(13-25)23(26)27(17-9-4-3-8-16(17)24)18-10-6-11-19(28)22(18)21/h2-5,7-9,12,21H,6,10-11,26H2,1H3/t21-/m1/s1. The Bertz CT molecular complexity index is 1100. The average molecular weight is 406 g/mol. The van der Waals surface area contributed by atoms with Gasteiger partial charge in [0, 0.05) is 23.3 Å². The molecular formula is C23H20ClN3O2. The van der Waals surface area contributed by atoms with E-state index in [1.54, 1.807) is 18.1 Å². The Hall–Kier alpha value is -3.23. The number of nitriles is 1. The van der Waals surface area contributed by atoms with Crippen LogP contribution in [0.1, 0.15) is 30.7 Å². The number of ether oxygens (including phenoxy) is 1. The topological polar surface area (TPSA) is 79.3 Å². The molecule has 1 aliphatic heterocycles. The molecule has 1 atom stereocenters. The molecule has 29 heavy (non-hydrogen) atoms. The summed E-state index contributed by atoms with van der Waals surface area (Å²) in [5.74, 6) is 0.386. The second kappa shape index (κ2) is 7.65. The minimum absolute atomic E-state index is 0.0273. The quantitative estimate of drug-likeness (QED) is 0.803. The summed E-state index contributed by atoms with van der Waals surface area (Å²) in [5, 5.41) is 10.6. The first-order chi connectivity index (χ1) is 14.1. The molecule has 0 unspecified atom stereocenters. The Morgan fingerprint density at radius 1 is 1.17 bits per heavy atom. The van der Waals surface area contributed by atoms with Gasteiger partial charge in [-0.25, -0.2) is 0 Å². The van der Waals surface area contributed by atoms with Gasteiger partial charge in [0.25, 0.3) is 0 Å². The van der Waals surface area contributed by atoms with Crippen molar-refractivity contribution in [3.63, 3.8) is 0 Å². The van der Waals surface area contributed by atoms with Crippen LogP contribution in [-0.2, 0) is 4.79 Å². The van der Waals surface area contributed by atoms with Gasteiger partial charge in [-0.3, -0.25) is 9.69 Å². The van der Waals surface area contributed by atoms with Crippen molar-refractivity contribution in [3.8, 4) is 11.8 Å². The third-order valence-corrected chi connectivity index (χ3v) is 5.78. The molecule has 146 valence electrons. The summed E-state index contributed by atoms with van der Waals surface area (Å²) in [6.45, 7) is 0. The number of benzene rings is 2. The van der Waals surface area contributed by atoms with E-state index in [0.29, 0.717) is 46.3 Å². The molecule has 2 aromatic carbocycles. The lowest BCUT2D eigenvalue weighted by Crippen LogP contribution is -2.39. The minimum atomic E-state index is -0.558. The van der Waals surface area contributed by atoms with Crippen LogP contribution >= 0.6 is 11.6 Å². The predicted octanol–water partition coefficient (Wildman–Crippen LogP) is 4.65. The van der Waals surface area contributed by atoms with Gasteiger partial charge in [0.1, 0.15) is 11.6 Å². The van der Waals surface area contributed by atoms with E-state index in [-0.39, 0.29) is 5.78 Å². The largest absolute Gasteiger partial charge is 0.496 e. The Labute approximate surface area is 174 Å². The van der Waals surface area contributed by atoms with Crippen LogP contribution < -0.4 is 15.4 Å². The highest BCUT2D eigenvalue weighted by Crippen LogP contribution is 2.48. The summed E-state index contributed by atoms with van der Waals surface area (Å²) in [6.07, 6.45) is 1.85. The van der Waals surface area contributed by atoms with Crippen LogP contribution in [0, 0.1) is 11.3 Å². The number of carbonyl (C=O) groups is 1. The number of hydrogen-bond donors (Lipinski definition) is 1. The summed E-state index contributed by atoms with van der Waals surface area (Å²) < 4.78 is 5.53. The predicted molar refractivity (Wildman–Crippen MR) is 112 cm³/mol. The fourth-order valence-electron chi connectivity index (χ4n) is 4.21. The van der Waals surface area contributed by atoms with E-state index in [1.807, 2.05) is 42.5 Å². The zero-order valence-electron chi connectivity index (χ0n) is 16.0. The second-order valence-corrected chi connectivity index (χ2v) is 7.42. The number of carbonyl (C=O) groups excluding carboxylic acids is 1. The molecule has 0 fully saturated rings. The summed E-state index contributed by atoms with van der Waals surface area (Å²) in [4.78, 5) is 14.9. The maximum atomic E-state index is 13.1. The number of allylic oxidation sites excluding steroid dienone is 3. The van der Waals surface area contributed by atoms with Crippen LogP contribution in [0.2, 0.25) is 5.02 Å². The SMILES string of the molecule is COc1ccccc1[C@@H]1C(C#N)=C(N)N(c2ccccc2Cl)C2=C1C(=O)CCC2. The number of para-hydroxylation sites is 2. The van der Waals surface area contributed by atoms with E-state index in [1.165, 1.54) is 0 Å². The van der Waals surface area contributed by atoms with Gasteiger partial charge in [0.05, 0.1) is 35.4 Å². The van der Waals surface area contributed by atoms with Gasteiger partial charge < -0.3 is 10.5 Å². The van der Waals surface area contributed by atoms with Crippen LogP contribution in [0.4, 0.5) is 5.69 Å². The van der Waals surface area contributed by atoms with Crippen LogP contribution in [0.3, 0.4) is 0 Å². The number of ketones is 1. The Morgan fingerprint density at radius 2 is 1.90 bits per heavy atom. The molecule has 6 heteroatoms. The summed E-state index contributed by atoms with van der Waals surface area (Å²) in [6, 6.07) is 17.0. The zero-order chi connectivity index (χ0) is 20.5. The monoisotopic (exact) mass is 405 g/mol.